The summed E-state index contributed by atoms with van der Waals surface area (Å²) in [6.07, 6.45) is 3.34. The summed E-state index contributed by atoms with van der Waals surface area (Å²) < 4.78 is 0. The van der Waals surface area contributed by atoms with E-state index in [9.17, 15) is 9.59 Å². The second-order valence-corrected chi connectivity index (χ2v) is 5.10. The smallest absolute Gasteiger partial charge is 0.317 e. The van der Waals surface area contributed by atoms with Crippen LogP contribution in [0.2, 0.25) is 0 Å². The molecule has 0 aromatic carbocycles. The number of piperidine rings is 2. The van der Waals surface area contributed by atoms with E-state index in [0.717, 1.165) is 32.4 Å². The maximum Gasteiger partial charge on any atom is 0.317 e. The molecule has 0 bridgehead atoms. The second-order valence-electron chi connectivity index (χ2n) is 5.10. The van der Waals surface area contributed by atoms with Crippen molar-refractivity contribution in [3.63, 3.8) is 0 Å². The molecule has 102 valence electrons. The molecule has 0 unspecified atom stereocenters. The summed E-state index contributed by atoms with van der Waals surface area (Å²) >= 11 is 0. The molecule has 2 aliphatic rings. The number of amides is 2. The Morgan fingerprint density at radius 2 is 1.94 bits per heavy atom. The molecule has 2 saturated heterocycles. The van der Waals surface area contributed by atoms with Gasteiger partial charge in [-0.1, -0.05) is 0 Å². The molecule has 0 aromatic heterocycles. The molecule has 2 heterocycles. The lowest BCUT2D eigenvalue weighted by molar-refractivity contribution is -0.143. The van der Waals surface area contributed by atoms with E-state index in [1.807, 2.05) is 0 Å². The standard InChI is InChI=1S/C12H21N3O3/c16-11(17)9-2-1-7-15(8-9)12(18)14-10-3-5-13-6-4-10/h9-10,13H,1-8H2,(H,14,18)(H,16,17)/t9-/m1/s1. The first kappa shape index (κ1) is 13.1. The summed E-state index contributed by atoms with van der Waals surface area (Å²) in [6.45, 7) is 2.87. The number of likely N-dealkylation sites (tertiary alicyclic amines) is 1. The molecule has 6 nitrogen and oxygen atoms in total. The van der Waals surface area contributed by atoms with Gasteiger partial charge in [0.2, 0.25) is 0 Å². The van der Waals surface area contributed by atoms with Crippen LogP contribution in [-0.4, -0.2) is 54.2 Å². The van der Waals surface area contributed by atoms with Crippen LogP contribution in [0.25, 0.3) is 0 Å². The fraction of sp³-hybridized carbons (Fsp3) is 0.833. The van der Waals surface area contributed by atoms with Crippen LogP contribution >= 0.6 is 0 Å². The van der Waals surface area contributed by atoms with Crippen LogP contribution in [0, 0.1) is 5.92 Å². The minimum absolute atomic E-state index is 0.104. The summed E-state index contributed by atoms with van der Waals surface area (Å²) in [6, 6.07) is 0.122. The summed E-state index contributed by atoms with van der Waals surface area (Å²) in [7, 11) is 0. The van der Waals surface area contributed by atoms with Gasteiger partial charge in [-0.15, -0.1) is 0 Å². The first-order chi connectivity index (χ1) is 8.66. The lowest BCUT2D eigenvalue weighted by atomic mass is 9.98. The zero-order valence-electron chi connectivity index (χ0n) is 10.5. The normalized spacial score (nSPS) is 25.8. The van der Waals surface area contributed by atoms with E-state index in [-0.39, 0.29) is 12.1 Å². The lowest BCUT2D eigenvalue weighted by Crippen LogP contribution is -2.51. The van der Waals surface area contributed by atoms with E-state index in [0.29, 0.717) is 19.5 Å². The summed E-state index contributed by atoms with van der Waals surface area (Å²) in [5.74, 6) is -1.20. The molecule has 0 spiro atoms. The second kappa shape index (κ2) is 6.04. The van der Waals surface area contributed by atoms with Gasteiger partial charge in [-0.25, -0.2) is 4.79 Å². The van der Waals surface area contributed by atoms with Gasteiger partial charge in [0.05, 0.1) is 5.92 Å². The van der Waals surface area contributed by atoms with Gasteiger partial charge in [-0.05, 0) is 38.8 Å². The van der Waals surface area contributed by atoms with Crippen LogP contribution in [0.3, 0.4) is 0 Å². The number of nitrogens with zero attached hydrogens (tertiary/aromatic N) is 1. The number of hydrogen-bond donors (Lipinski definition) is 3. The zero-order chi connectivity index (χ0) is 13.0. The van der Waals surface area contributed by atoms with Crippen molar-refractivity contribution in [2.45, 2.75) is 31.7 Å². The number of rotatable bonds is 2. The van der Waals surface area contributed by atoms with Crippen molar-refractivity contribution in [3.8, 4) is 0 Å². The molecule has 18 heavy (non-hydrogen) atoms. The first-order valence-corrected chi connectivity index (χ1v) is 6.66. The number of aliphatic carboxylic acids is 1. The van der Waals surface area contributed by atoms with E-state index >= 15 is 0 Å². The quantitative estimate of drug-likeness (QED) is 0.660. The van der Waals surface area contributed by atoms with Crippen LogP contribution < -0.4 is 10.6 Å². The molecule has 2 aliphatic heterocycles. The molecule has 2 amide bonds. The number of carbonyl (C=O) groups is 2. The van der Waals surface area contributed by atoms with E-state index in [2.05, 4.69) is 10.6 Å². The predicted molar refractivity (Wildman–Crippen MR) is 66.4 cm³/mol. The highest BCUT2D eigenvalue weighted by molar-refractivity contribution is 5.76. The monoisotopic (exact) mass is 255 g/mol. The number of carboxylic acid groups (broad SMARTS) is 1. The summed E-state index contributed by atoms with van der Waals surface area (Å²) in [4.78, 5) is 24.6. The van der Waals surface area contributed by atoms with E-state index in [4.69, 9.17) is 5.11 Å². The van der Waals surface area contributed by atoms with E-state index in [1.165, 1.54) is 0 Å². The van der Waals surface area contributed by atoms with Crippen molar-refractivity contribution in [3.05, 3.63) is 0 Å². The minimum Gasteiger partial charge on any atom is -0.481 e. The Morgan fingerprint density at radius 1 is 1.22 bits per heavy atom. The third-order valence-corrected chi connectivity index (χ3v) is 3.72. The molecule has 0 radical (unpaired) electrons. The van der Waals surface area contributed by atoms with Crippen molar-refractivity contribution in [2.24, 2.45) is 5.92 Å². The number of hydrogen-bond acceptors (Lipinski definition) is 3. The average Bonchev–Trinajstić information content (AvgIpc) is 2.40. The maximum absolute atomic E-state index is 12.0. The molecule has 0 saturated carbocycles. The predicted octanol–water partition coefficient (Wildman–Crippen LogP) is 0.245. The topological polar surface area (TPSA) is 81.7 Å². The summed E-state index contributed by atoms with van der Waals surface area (Å²) in [5.41, 5.74) is 0. The van der Waals surface area contributed by atoms with Gasteiger partial charge in [0, 0.05) is 19.1 Å². The Kier molecular flexibility index (Phi) is 4.41. The lowest BCUT2D eigenvalue weighted by Gasteiger charge is -2.33. The number of nitrogens with one attached hydrogen (secondary N) is 2. The minimum atomic E-state index is -0.797. The number of carboxylic acids is 1. The molecule has 2 rings (SSSR count). The molecular weight excluding hydrogens is 234 g/mol. The van der Waals surface area contributed by atoms with Crippen molar-refractivity contribution >= 4 is 12.0 Å². The Hall–Kier alpha value is -1.30. The largest absolute Gasteiger partial charge is 0.481 e. The molecule has 0 aromatic rings. The summed E-state index contributed by atoms with van der Waals surface area (Å²) in [5, 5.41) is 15.2. The van der Waals surface area contributed by atoms with Gasteiger partial charge < -0.3 is 20.6 Å². The average molecular weight is 255 g/mol. The maximum atomic E-state index is 12.0. The van der Waals surface area contributed by atoms with Crippen LogP contribution in [0.15, 0.2) is 0 Å². The first-order valence-electron chi connectivity index (χ1n) is 6.66. The van der Waals surface area contributed by atoms with Crippen LogP contribution in [0.1, 0.15) is 25.7 Å². The van der Waals surface area contributed by atoms with Crippen molar-refractivity contribution in [1.29, 1.82) is 0 Å². The van der Waals surface area contributed by atoms with Gasteiger partial charge in [0.15, 0.2) is 0 Å². The highest BCUT2D eigenvalue weighted by Crippen LogP contribution is 2.17. The Labute approximate surface area is 107 Å². The Bertz CT molecular complexity index is 316. The highest BCUT2D eigenvalue weighted by Gasteiger charge is 2.29. The number of urea groups is 1. The molecule has 0 aliphatic carbocycles. The zero-order valence-corrected chi connectivity index (χ0v) is 10.5. The Balaban J connectivity index is 1.82. The molecular formula is C12H21N3O3. The van der Waals surface area contributed by atoms with Gasteiger partial charge >= 0.3 is 12.0 Å². The molecule has 6 heteroatoms. The van der Waals surface area contributed by atoms with Crippen LogP contribution in [0.4, 0.5) is 4.79 Å². The van der Waals surface area contributed by atoms with Gasteiger partial charge in [-0.2, -0.15) is 0 Å². The van der Waals surface area contributed by atoms with Gasteiger partial charge in [0.25, 0.3) is 0 Å². The third-order valence-electron chi connectivity index (χ3n) is 3.72. The third kappa shape index (κ3) is 3.35. The van der Waals surface area contributed by atoms with Crippen LogP contribution in [-0.2, 0) is 4.79 Å². The van der Waals surface area contributed by atoms with Gasteiger partial charge in [-0.3, -0.25) is 4.79 Å². The SMILES string of the molecule is O=C(O)[C@@H]1CCCN(C(=O)NC2CCNCC2)C1. The van der Waals surface area contributed by atoms with E-state index < -0.39 is 11.9 Å². The van der Waals surface area contributed by atoms with Crippen LogP contribution in [0.5, 0.6) is 0 Å². The van der Waals surface area contributed by atoms with Crippen molar-refractivity contribution < 1.29 is 14.7 Å². The highest BCUT2D eigenvalue weighted by atomic mass is 16.4. The van der Waals surface area contributed by atoms with E-state index in [1.54, 1.807) is 4.90 Å². The molecule has 2 fully saturated rings. The fourth-order valence-corrected chi connectivity index (χ4v) is 2.60. The number of carbonyl (C=O) groups excluding carboxylic acids is 1. The van der Waals surface area contributed by atoms with Gasteiger partial charge in [0.1, 0.15) is 0 Å². The fourth-order valence-electron chi connectivity index (χ4n) is 2.60. The molecule has 1 atom stereocenters. The van der Waals surface area contributed by atoms with Crippen molar-refractivity contribution in [2.75, 3.05) is 26.2 Å². The Morgan fingerprint density at radius 3 is 2.61 bits per heavy atom. The molecule has 3 N–H and O–H groups in total. The van der Waals surface area contributed by atoms with Crippen molar-refractivity contribution in [1.82, 2.24) is 15.5 Å².